The first-order chi connectivity index (χ1) is 23.7. The van der Waals surface area contributed by atoms with E-state index >= 15 is 0 Å². The van der Waals surface area contributed by atoms with Crippen molar-refractivity contribution in [2.24, 2.45) is 0 Å². The number of aromatic nitrogens is 2. The maximum absolute atomic E-state index is 9.73. The maximum Gasteiger partial charge on any atom is 0.0991 e. The lowest BCUT2D eigenvalue weighted by molar-refractivity contribution is 1.18. The summed E-state index contributed by atoms with van der Waals surface area (Å²) in [6, 6.07) is 59.1. The van der Waals surface area contributed by atoms with Gasteiger partial charge in [-0.25, -0.2) is 0 Å². The van der Waals surface area contributed by atoms with Gasteiger partial charge in [0, 0.05) is 44.0 Å². The van der Waals surface area contributed by atoms with Crippen LogP contribution in [0.1, 0.15) is 11.1 Å². The topological polar surface area (TPSA) is 57.4 Å². The molecule has 0 amide bonds. The minimum Gasteiger partial charge on any atom is -0.309 e. The van der Waals surface area contributed by atoms with Gasteiger partial charge >= 0.3 is 0 Å². The van der Waals surface area contributed by atoms with Crippen LogP contribution < -0.4 is 0 Å². The maximum atomic E-state index is 9.73. The number of hydrogen-bond donors (Lipinski definition) is 0. The summed E-state index contributed by atoms with van der Waals surface area (Å²) >= 11 is 0. The van der Waals surface area contributed by atoms with Gasteiger partial charge in [0.25, 0.3) is 0 Å². The molecule has 2 aromatic heterocycles. The molecule has 222 valence electrons. The first-order valence-electron chi connectivity index (χ1n) is 15.9. The highest BCUT2D eigenvalue weighted by Crippen LogP contribution is 2.42. The van der Waals surface area contributed by atoms with Crippen molar-refractivity contribution >= 4 is 43.6 Å². The van der Waals surface area contributed by atoms with E-state index in [1.165, 1.54) is 10.8 Å². The van der Waals surface area contributed by atoms with Crippen LogP contribution in [-0.4, -0.2) is 9.13 Å². The van der Waals surface area contributed by atoms with Crippen LogP contribution in [0.4, 0.5) is 0 Å². The highest BCUT2D eigenvalue weighted by Gasteiger charge is 2.19. The molecule has 0 aliphatic carbocycles. The van der Waals surface area contributed by atoms with Crippen LogP contribution in [0.25, 0.3) is 77.2 Å². The van der Waals surface area contributed by atoms with E-state index < -0.39 is 0 Å². The molecule has 9 rings (SSSR count). The largest absolute Gasteiger partial charge is 0.309 e. The van der Waals surface area contributed by atoms with Crippen LogP contribution in [0.15, 0.2) is 158 Å². The second-order valence-electron chi connectivity index (χ2n) is 12.0. The first-order valence-corrected chi connectivity index (χ1v) is 15.9. The Labute approximate surface area is 277 Å². The molecular formula is C44H26N4. The molecule has 9 aromatic rings. The van der Waals surface area contributed by atoms with E-state index in [0.29, 0.717) is 11.1 Å². The van der Waals surface area contributed by atoms with Crippen LogP contribution in [0.2, 0.25) is 0 Å². The van der Waals surface area contributed by atoms with Gasteiger partial charge in [0.1, 0.15) is 0 Å². The molecule has 0 bridgehead atoms. The zero-order chi connectivity index (χ0) is 32.2. The van der Waals surface area contributed by atoms with Crippen molar-refractivity contribution in [1.82, 2.24) is 9.13 Å². The zero-order valence-corrected chi connectivity index (χ0v) is 25.8. The van der Waals surface area contributed by atoms with Gasteiger partial charge in [-0.2, -0.15) is 10.5 Å². The summed E-state index contributed by atoms with van der Waals surface area (Å²) < 4.78 is 4.63. The molecule has 0 atom stereocenters. The van der Waals surface area contributed by atoms with Gasteiger partial charge in [0.2, 0.25) is 0 Å². The second kappa shape index (κ2) is 10.9. The third-order valence-corrected chi connectivity index (χ3v) is 9.36. The third kappa shape index (κ3) is 4.14. The highest BCUT2D eigenvalue weighted by molar-refractivity contribution is 6.15. The Morgan fingerprint density at radius 2 is 0.896 bits per heavy atom. The van der Waals surface area contributed by atoms with E-state index in [1.54, 1.807) is 0 Å². The molecule has 4 heteroatoms. The average molecular weight is 611 g/mol. The van der Waals surface area contributed by atoms with Crippen LogP contribution >= 0.6 is 0 Å². The Kier molecular flexibility index (Phi) is 6.22. The molecule has 2 heterocycles. The van der Waals surface area contributed by atoms with E-state index in [-0.39, 0.29) is 0 Å². The summed E-state index contributed by atoms with van der Waals surface area (Å²) in [4.78, 5) is 0. The van der Waals surface area contributed by atoms with Crippen LogP contribution in [0.5, 0.6) is 0 Å². The first kappa shape index (κ1) is 27.4. The Balaban J connectivity index is 1.31. The quantitative estimate of drug-likeness (QED) is 0.199. The Morgan fingerprint density at radius 1 is 0.375 bits per heavy atom. The lowest BCUT2D eigenvalue weighted by Gasteiger charge is -2.14. The number of nitriles is 2. The van der Waals surface area contributed by atoms with Crippen molar-refractivity contribution in [3.63, 3.8) is 0 Å². The van der Waals surface area contributed by atoms with Crippen molar-refractivity contribution < 1.29 is 0 Å². The summed E-state index contributed by atoms with van der Waals surface area (Å²) in [5.74, 6) is 0. The number of para-hydroxylation sites is 4. The van der Waals surface area contributed by atoms with Gasteiger partial charge in [-0.15, -0.1) is 0 Å². The predicted molar refractivity (Wildman–Crippen MR) is 195 cm³/mol. The van der Waals surface area contributed by atoms with E-state index in [2.05, 4.69) is 137 Å². The molecule has 0 aliphatic heterocycles. The lowest BCUT2D eigenvalue weighted by atomic mass is 9.96. The summed E-state index contributed by atoms with van der Waals surface area (Å²) in [7, 11) is 0. The molecule has 48 heavy (non-hydrogen) atoms. The molecule has 0 fully saturated rings. The zero-order valence-electron chi connectivity index (χ0n) is 25.8. The lowest BCUT2D eigenvalue weighted by Crippen LogP contribution is -1.96. The monoisotopic (exact) mass is 610 g/mol. The number of nitrogens with zero attached hydrogens (tertiary/aromatic N) is 4. The number of fused-ring (bicyclic) bond motifs is 6. The molecule has 0 N–H and O–H groups in total. The molecular weight excluding hydrogens is 585 g/mol. The number of benzene rings is 7. The summed E-state index contributed by atoms with van der Waals surface area (Å²) in [6.45, 7) is 0. The summed E-state index contributed by atoms with van der Waals surface area (Å²) in [5.41, 5.74) is 12.3. The van der Waals surface area contributed by atoms with Crippen molar-refractivity contribution in [2.75, 3.05) is 0 Å². The fraction of sp³-hybridized carbons (Fsp3) is 0. The minimum absolute atomic E-state index is 0.637. The molecule has 7 aromatic carbocycles. The van der Waals surface area contributed by atoms with Crippen molar-refractivity contribution in [3.05, 3.63) is 169 Å². The molecule has 4 nitrogen and oxygen atoms in total. The van der Waals surface area contributed by atoms with Gasteiger partial charge in [-0.3, -0.25) is 0 Å². The summed E-state index contributed by atoms with van der Waals surface area (Å²) in [5, 5.41) is 23.7. The van der Waals surface area contributed by atoms with E-state index in [1.807, 2.05) is 42.5 Å². The van der Waals surface area contributed by atoms with Gasteiger partial charge in [-0.05, 0) is 77.9 Å². The van der Waals surface area contributed by atoms with E-state index in [4.69, 9.17) is 0 Å². The molecule has 0 radical (unpaired) electrons. The van der Waals surface area contributed by atoms with Crippen molar-refractivity contribution in [1.29, 1.82) is 10.5 Å². The average Bonchev–Trinajstić information content (AvgIpc) is 3.68. The fourth-order valence-electron chi connectivity index (χ4n) is 7.28. The number of rotatable bonds is 4. The van der Waals surface area contributed by atoms with Gasteiger partial charge in [0.05, 0.1) is 45.3 Å². The Morgan fingerprint density at radius 3 is 1.56 bits per heavy atom. The van der Waals surface area contributed by atoms with E-state index in [9.17, 15) is 10.5 Å². The summed E-state index contributed by atoms with van der Waals surface area (Å²) in [6.07, 6.45) is 0. The van der Waals surface area contributed by atoms with Crippen LogP contribution in [0, 0.1) is 22.7 Å². The molecule has 0 saturated heterocycles. The van der Waals surface area contributed by atoms with E-state index in [0.717, 1.165) is 66.5 Å². The fourth-order valence-corrected chi connectivity index (χ4v) is 7.28. The van der Waals surface area contributed by atoms with Gasteiger partial charge in [-0.1, -0.05) is 91.0 Å². The predicted octanol–water partition coefficient (Wildman–Crippen LogP) is 11.0. The SMILES string of the molecule is N#Cc1ccc(-n2c3ccccc3c3cccc(-c4cccc(-c5cccc6c7cc(C#N)ccc7n(-c7ccccc7)c56)c4)c32)cc1. The number of hydrogen-bond acceptors (Lipinski definition) is 2. The normalized spacial score (nSPS) is 11.3. The molecule has 0 unspecified atom stereocenters. The molecule has 0 aliphatic rings. The Hall–Kier alpha value is -6.88. The molecule has 0 saturated carbocycles. The Bertz CT molecular complexity index is 2790. The minimum atomic E-state index is 0.637. The van der Waals surface area contributed by atoms with Crippen molar-refractivity contribution in [3.8, 4) is 45.8 Å². The van der Waals surface area contributed by atoms with Crippen LogP contribution in [-0.2, 0) is 0 Å². The van der Waals surface area contributed by atoms with Crippen molar-refractivity contribution in [2.45, 2.75) is 0 Å². The standard InChI is InChI=1S/C44H26N4/c45-27-29-19-22-34(23-20-29)48-41-18-5-4-13-37(41)38-16-7-14-35(43(38)48)31-9-6-10-32(26-31)36-15-8-17-39-40-25-30(28-46)21-24-42(40)47(44(36)39)33-11-2-1-3-12-33/h1-26H. The smallest absolute Gasteiger partial charge is 0.0991 e. The van der Waals surface area contributed by atoms with Gasteiger partial charge in [0.15, 0.2) is 0 Å². The van der Waals surface area contributed by atoms with Crippen LogP contribution in [0.3, 0.4) is 0 Å². The highest BCUT2D eigenvalue weighted by atomic mass is 15.0. The molecule has 0 spiro atoms. The van der Waals surface area contributed by atoms with Gasteiger partial charge < -0.3 is 9.13 Å². The second-order valence-corrected chi connectivity index (χ2v) is 12.0. The third-order valence-electron chi connectivity index (χ3n) is 9.36.